The molecule has 106 valence electrons. The number of carboxylic acids is 1. The number of benzene rings is 1. The molecule has 8 heteroatoms. The Morgan fingerprint density at radius 2 is 1.90 bits per heavy atom. The van der Waals surface area contributed by atoms with E-state index in [1.54, 1.807) is 35.2 Å². The lowest BCUT2D eigenvalue weighted by Crippen LogP contribution is -2.01. The normalized spacial score (nSPS) is 11.0. The van der Waals surface area contributed by atoms with Crippen molar-refractivity contribution >= 4 is 40.3 Å². The van der Waals surface area contributed by atoms with E-state index in [2.05, 4.69) is 15.0 Å². The minimum atomic E-state index is -0.957. The van der Waals surface area contributed by atoms with Gasteiger partial charge in [0.25, 0.3) is 0 Å². The van der Waals surface area contributed by atoms with E-state index >= 15 is 0 Å². The zero-order valence-electron chi connectivity index (χ0n) is 10.5. The lowest BCUT2D eigenvalue weighted by Gasteiger charge is -2.05. The van der Waals surface area contributed by atoms with Crippen molar-refractivity contribution < 1.29 is 9.90 Å². The Hall–Kier alpha value is -2.18. The minimum Gasteiger partial charge on any atom is -0.478 e. The summed E-state index contributed by atoms with van der Waals surface area (Å²) in [4.78, 5) is 22.9. The number of aromatic carboxylic acids is 1. The third kappa shape index (κ3) is 2.68. The monoisotopic (exact) mass is 322 g/mol. The van der Waals surface area contributed by atoms with E-state index in [-0.39, 0.29) is 16.0 Å². The first kappa shape index (κ1) is 13.8. The van der Waals surface area contributed by atoms with Crippen LogP contribution in [0.1, 0.15) is 15.9 Å². The second kappa shape index (κ2) is 5.31. The Labute approximate surface area is 129 Å². The van der Waals surface area contributed by atoms with Gasteiger partial charge < -0.3 is 9.67 Å². The second-order valence-electron chi connectivity index (χ2n) is 4.33. The number of carbonyl (C=O) groups is 1. The van der Waals surface area contributed by atoms with Crippen LogP contribution in [0.15, 0.2) is 30.6 Å². The molecule has 0 aliphatic carbocycles. The molecule has 3 aromatic rings. The third-order valence-electron chi connectivity index (χ3n) is 2.95. The van der Waals surface area contributed by atoms with Crippen LogP contribution in [0, 0.1) is 0 Å². The summed E-state index contributed by atoms with van der Waals surface area (Å²) >= 11 is 11.8. The molecule has 0 spiro atoms. The van der Waals surface area contributed by atoms with Gasteiger partial charge in [-0.3, -0.25) is 0 Å². The van der Waals surface area contributed by atoms with Gasteiger partial charge in [-0.1, -0.05) is 23.7 Å². The summed E-state index contributed by atoms with van der Waals surface area (Å²) in [6, 6.07) is 6.57. The average Bonchev–Trinajstić information content (AvgIpc) is 2.83. The summed E-state index contributed by atoms with van der Waals surface area (Å²) in [6.07, 6.45) is 1.59. The van der Waals surface area contributed by atoms with E-state index in [1.807, 2.05) is 0 Å². The fraction of sp³-hybridized carbons (Fsp3) is 0.0769. The third-order valence-corrected chi connectivity index (χ3v) is 3.38. The number of imidazole rings is 1. The highest BCUT2D eigenvalue weighted by Crippen LogP contribution is 2.21. The Balaban J connectivity index is 1.96. The molecule has 0 saturated carbocycles. The fourth-order valence-electron chi connectivity index (χ4n) is 1.95. The summed E-state index contributed by atoms with van der Waals surface area (Å²) in [5.74, 6) is -0.957. The summed E-state index contributed by atoms with van der Waals surface area (Å²) in [7, 11) is 0. The van der Waals surface area contributed by atoms with Crippen LogP contribution in [0.4, 0.5) is 0 Å². The highest BCUT2D eigenvalue weighted by Gasteiger charge is 2.11. The number of halogens is 2. The van der Waals surface area contributed by atoms with Crippen LogP contribution in [0.25, 0.3) is 11.2 Å². The first-order valence-corrected chi connectivity index (χ1v) is 6.66. The largest absolute Gasteiger partial charge is 0.478 e. The van der Waals surface area contributed by atoms with Gasteiger partial charge in [0, 0.05) is 0 Å². The van der Waals surface area contributed by atoms with Gasteiger partial charge in [0.1, 0.15) is 5.52 Å². The van der Waals surface area contributed by atoms with E-state index in [0.29, 0.717) is 17.7 Å². The van der Waals surface area contributed by atoms with Gasteiger partial charge in [-0.2, -0.15) is 4.98 Å². The SMILES string of the molecule is O=C(O)c1ccc(Cn2cnc3c(Cl)nc(Cl)nc32)cc1. The number of aromatic nitrogens is 4. The number of rotatable bonds is 3. The zero-order valence-corrected chi connectivity index (χ0v) is 12.0. The standard InChI is InChI=1S/C13H8Cl2N4O2/c14-10-9-11(18-13(15)17-10)19(6-16-9)5-7-1-3-8(4-2-7)12(20)21/h1-4,6H,5H2,(H,20,21). The molecule has 21 heavy (non-hydrogen) atoms. The van der Waals surface area contributed by atoms with Crippen molar-refractivity contribution in [1.29, 1.82) is 0 Å². The van der Waals surface area contributed by atoms with E-state index in [0.717, 1.165) is 5.56 Å². The van der Waals surface area contributed by atoms with Crippen molar-refractivity contribution in [3.05, 3.63) is 52.2 Å². The Morgan fingerprint density at radius 1 is 1.19 bits per heavy atom. The van der Waals surface area contributed by atoms with Crippen molar-refractivity contribution in [2.45, 2.75) is 6.54 Å². The molecule has 0 atom stereocenters. The number of hydrogen-bond donors (Lipinski definition) is 1. The van der Waals surface area contributed by atoms with Crippen LogP contribution < -0.4 is 0 Å². The Bertz CT molecular complexity index is 830. The van der Waals surface area contributed by atoms with Gasteiger partial charge in [-0.15, -0.1) is 0 Å². The van der Waals surface area contributed by atoms with Crippen LogP contribution in [0.5, 0.6) is 0 Å². The number of fused-ring (bicyclic) bond motifs is 1. The summed E-state index contributed by atoms with van der Waals surface area (Å²) in [5.41, 5.74) is 2.15. The molecule has 0 saturated heterocycles. The highest BCUT2D eigenvalue weighted by molar-refractivity contribution is 6.35. The molecule has 2 heterocycles. The van der Waals surface area contributed by atoms with E-state index in [1.165, 1.54) is 0 Å². The quantitative estimate of drug-likeness (QED) is 0.592. The van der Waals surface area contributed by atoms with Gasteiger partial charge >= 0.3 is 5.97 Å². The lowest BCUT2D eigenvalue weighted by atomic mass is 10.1. The van der Waals surface area contributed by atoms with Crippen molar-refractivity contribution in [1.82, 2.24) is 19.5 Å². The van der Waals surface area contributed by atoms with Crippen LogP contribution in [0.2, 0.25) is 10.4 Å². The average molecular weight is 323 g/mol. The molecule has 1 N–H and O–H groups in total. The molecule has 2 aromatic heterocycles. The molecule has 0 bridgehead atoms. The van der Waals surface area contributed by atoms with Crippen LogP contribution >= 0.6 is 23.2 Å². The molecular weight excluding hydrogens is 315 g/mol. The number of nitrogens with zero attached hydrogens (tertiary/aromatic N) is 4. The molecule has 3 rings (SSSR count). The van der Waals surface area contributed by atoms with E-state index in [4.69, 9.17) is 28.3 Å². The number of carboxylic acid groups (broad SMARTS) is 1. The van der Waals surface area contributed by atoms with Crippen molar-refractivity contribution in [3.8, 4) is 0 Å². The topological polar surface area (TPSA) is 80.9 Å². The first-order valence-electron chi connectivity index (χ1n) is 5.90. The fourth-order valence-corrected chi connectivity index (χ4v) is 2.37. The van der Waals surface area contributed by atoms with Crippen molar-refractivity contribution in [2.75, 3.05) is 0 Å². The maximum atomic E-state index is 10.8. The van der Waals surface area contributed by atoms with Gasteiger partial charge in [0.2, 0.25) is 5.28 Å². The van der Waals surface area contributed by atoms with Gasteiger partial charge in [-0.05, 0) is 29.3 Å². The number of hydrogen-bond acceptors (Lipinski definition) is 4. The predicted octanol–water partition coefficient (Wildman–Crippen LogP) is 2.88. The van der Waals surface area contributed by atoms with Crippen LogP contribution in [-0.2, 0) is 6.54 Å². The summed E-state index contributed by atoms with van der Waals surface area (Å²) in [6.45, 7) is 0.472. The molecule has 0 fully saturated rings. The highest BCUT2D eigenvalue weighted by atomic mass is 35.5. The van der Waals surface area contributed by atoms with Crippen molar-refractivity contribution in [3.63, 3.8) is 0 Å². The zero-order chi connectivity index (χ0) is 15.0. The summed E-state index contributed by atoms with van der Waals surface area (Å²) < 4.78 is 1.77. The predicted molar refractivity (Wildman–Crippen MR) is 77.8 cm³/mol. The Kier molecular flexibility index (Phi) is 3.48. The Morgan fingerprint density at radius 3 is 2.57 bits per heavy atom. The van der Waals surface area contributed by atoms with E-state index in [9.17, 15) is 4.79 Å². The molecule has 0 radical (unpaired) electrons. The van der Waals surface area contributed by atoms with Gasteiger partial charge in [-0.25, -0.2) is 14.8 Å². The molecule has 0 aliphatic rings. The lowest BCUT2D eigenvalue weighted by molar-refractivity contribution is 0.0697. The smallest absolute Gasteiger partial charge is 0.335 e. The first-order chi connectivity index (χ1) is 10.0. The molecule has 6 nitrogen and oxygen atoms in total. The molecule has 1 aromatic carbocycles. The van der Waals surface area contributed by atoms with Gasteiger partial charge in [0.05, 0.1) is 18.4 Å². The second-order valence-corrected chi connectivity index (χ2v) is 5.03. The van der Waals surface area contributed by atoms with Crippen LogP contribution in [-0.4, -0.2) is 30.6 Å². The maximum absolute atomic E-state index is 10.8. The van der Waals surface area contributed by atoms with E-state index < -0.39 is 5.97 Å². The summed E-state index contributed by atoms with van der Waals surface area (Å²) in [5, 5.41) is 9.12. The van der Waals surface area contributed by atoms with Crippen molar-refractivity contribution in [2.24, 2.45) is 0 Å². The minimum absolute atomic E-state index is 0.0514. The molecular formula is C13H8Cl2N4O2. The maximum Gasteiger partial charge on any atom is 0.335 e. The van der Waals surface area contributed by atoms with Crippen LogP contribution in [0.3, 0.4) is 0 Å². The van der Waals surface area contributed by atoms with Gasteiger partial charge in [0.15, 0.2) is 10.8 Å². The molecule has 0 unspecified atom stereocenters. The molecule has 0 amide bonds. The molecule has 0 aliphatic heterocycles.